The van der Waals surface area contributed by atoms with Gasteiger partial charge in [0.15, 0.2) is 16.5 Å². The lowest BCUT2D eigenvalue weighted by Crippen LogP contribution is -2.58. The highest BCUT2D eigenvalue weighted by atomic mass is 16.4. The summed E-state index contributed by atoms with van der Waals surface area (Å²) < 4.78 is -0.284. The van der Waals surface area contributed by atoms with Gasteiger partial charge in [0.1, 0.15) is 13.2 Å². The van der Waals surface area contributed by atoms with E-state index in [1.54, 1.807) is 0 Å². The fraction of sp³-hybridized carbons (Fsp3) is 0.692. The van der Waals surface area contributed by atoms with Gasteiger partial charge in [-0.15, -0.1) is 0 Å². The Morgan fingerprint density at radius 3 is 2.95 bits per heavy atom. The van der Waals surface area contributed by atoms with Crippen molar-refractivity contribution in [2.24, 2.45) is 4.99 Å². The molecule has 7 heteroatoms. The van der Waals surface area contributed by atoms with Crippen LogP contribution in [0.3, 0.4) is 0 Å². The van der Waals surface area contributed by atoms with Gasteiger partial charge in [0.2, 0.25) is 0 Å². The quantitative estimate of drug-likeness (QED) is 0.577. The van der Waals surface area contributed by atoms with Crippen LogP contribution in [0.15, 0.2) is 16.4 Å². The highest BCUT2D eigenvalue weighted by Gasteiger charge is 2.68. The zero-order chi connectivity index (χ0) is 14.3. The van der Waals surface area contributed by atoms with Crippen LogP contribution in [-0.2, 0) is 4.79 Å². The number of amides is 1. The van der Waals surface area contributed by atoms with Crippen molar-refractivity contribution in [2.75, 3.05) is 19.8 Å². The van der Waals surface area contributed by atoms with Crippen molar-refractivity contribution in [3.05, 3.63) is 16.3 Å². The van der Waals surface area contributed by atoms with E-state index >= 15 is 0 Å². The van der Waals surface area contributed by atoms with Crippen molar-refractivity contribution in [1.29, 1.82) is 0 Å². The number of amidine groups is 1. The van der Waals surface area contributed by atoms with Gasteiger partial charge >= 0.3 is 11.7 Å². The highest BCUT2D eigenvalue weighted by Crippen LogP contribution is 2.36. The number of fused-ring (bicyclic) bond motifs is 2. The van der Waals surface area contributed by atoms with E-state index < -0.39 is 0 Å². The molecule has 3 aliphatic heterocycles. The molecule has 0 aromatic heterocycles. The van der Waals surface area contributed by atoms with Gasteiger partial charge in [0, 0.05) is 6.54 Å². The van der Waals surface area contributed by atoms with Crippen molar-refractivity contribution in [3.63, 3.8) is 0 Å². The van der Waals surface area contributed by atoms with Gasteiger partial charge in [-0.2, -0.15) is 0 Å². The molecule has 0 saturated heterocycles. The Kier molecular flexibility index (Phi) is 3.18. The van der Waals surface area contributed by atoms with E-state index in [0.717, 1.165) is 29.7 Å². The number of nitrogens with one attached hydrogen (secondary N) is 2. The summed E-state index contributed by atoms with van der Waals surface area (Å²) in [4.78, 5) is 30.8. The maximum absolute atomic E-state index is 12.7. The molecule has 0 radical (unpaired) electrons. The van der Waals surface area contributed by atoms with E-state index in [1.165, 1.54) is 0 Å². The lowest BCUT2D eigenvalue weighted by atomic mass is 10.1. The number of carbonyl (C=O) groups excluding carboxylic acids is 1. The average Bonchev–Trinajstić information content (AvgIpc) is 2.90. The lowest BCUT2D eigenvalue weighted by molar-refractivity contribution is -1.22. The van der Waals surface area contributed by atoms with E-state index in [4.69, 9.17) is 0 Å². The minimum atomic E-state index is -0.364. The predicted octanol–water partition coefficient (Wildman–Crippen LogP) is 0.390. The summed E-state index contributed by atoms with van der Waals surface area (Å²) in [6.07, 6.45) is 2.72. The molecule has 3 heterocycles. The molecule has 0 saturated carbocycles. The van der Waals surface area contributed by atoms with E-state index in [-0.39, 0.29) is 16.5 Å². The van der Waals surface area contributed by atoms with Crippen LogP contribution in [0.2, 0.25) is 0 Å². The Labute approximate surface area is 117 Å². The van der Waals surface area contributed by atoms with Crippen LogP contribution < -0.4 is 10.6 Å². The summed E-state index contributed by atoms with van der Waals surface area (Å²) in [5.74, 6) is 1.07. The zero-order valence-corrected chi connectivity index (χ0v) is 12.0. The second kappa shape index (κ2) is 4.75. The smallest absolute Gasteiger partial charge is 0.277 e. The summed E-state index contributed by atoms with van der Waals surface area (Å²) in [6, 6.07) is -0.364. The summed E-state index contributed by atoms with van der Waals surface area (Å²) >= 11 is 0. The largest absolute Gasteiger partial charge is 0.389 e. The van der Waals surface area contributed by atoms with Gasteiger partial charge in [0.05, 0.1) is 0 Å². The fourth-order valence-electron chi connectivity index (χ4n) is 3.21. The first-order valence-corrected chi connectivity index (χ1v) is 7.33. The van der Waals surface area contributed by atoms with Gasteiger partial charge < -0.3 is 0 Å². The van der Waals surface area contributed by atoms with Crippen LogP contribution >= 0.6 is 0 Å². The second-order valence-corrected chi connectivity index (χ2v) is 5.42. The summed E-state index contributed by atoms with van der Waals surface area (Å²) in [7, 11) is 0. The Hall–Kier alpha value is -1.60. The number of unbranched alkanes of at least 4 members (excludes halogenated alkanes) is 1. The lowest BCUT2D eigenvalue weighted by Gasteiger charge is -2.18. The standard InChI is InChI=1S/C13H21N5O2/c1-3-5-6-10-13(19)18(4-2)12(16-10)9-7-14-8-15-11(9)17(18)20/h10,14-15H,3-8H2,1-2H3/q+2. The third-order valence-corrected chi connectivity index (χ3v) is 4.31. The normalized spacial score (nSPS) is 32.1. The number of hydrogen-bond acceptors (Lipinski definition) is 5. The highest BCUT2D eigenvalue weighted by molar-refractivity contribution is 6.05. The molecule has 3 aliphatic rings. The van der Waals surface area contributed by atoms with Crippen LogP contribution in [-0.4, -0.2) is 47.0 Å². The maximum atomic E-state index is 12.7. The Bertz CT molecular complexity index is 539. The molecule has 0 aromatic rings. The van der Waals surface area contributed by atoms with Crippen molar-refractivity contribution < 1.29 is 14.3 Å². The van der Waals surface area contributed by atoms with Crippen LogP contribution in [0.1, 0.15) is 33.1 Å². The van der Waals surface area contributed by atoms with Gasteiger partial charge in [-0.05, 0) is 22.8 Å². The molecule has 7 nitrogen and oxygen atoms in total. The summed E-state index contributed by atoms with van der Waals surface area (Å²) in [6.45, 7) is 5.51. The Morgan fingerprint density at radius 1 is 1.45 bits per heavy atom. The van der Waals surface area contributed by atoms with Crippen LogP contribution in [0.4, 0.5) is 0 Å². The van der Waals surface area contributed by atoms with Crippen molar-refractivity contribution >= 4 is 11.7 Å². The zero-order valence-electron chi connectivity index (χ0n) is 12.0. The molecule has 3 rings (SSSR count). The first-order chi connectivity index (χ1) is 9.66. The summed E-state index contributed by atoms with van der Waals surface area (Å²) in [5.41, 5.74) is 0.848. The number of nitrogens with zero attached hydrogens (tertiary/aromatic N) is 3. The van der Waals surface area contributed by atoms with Crippen LogP contribution in [0, 0.1) is 4.91 Å². The van der Waals surface area contributed by atoms with Gasteiger partial charge in [-0.1, -0.05) is 19.8 Å². The number of aliphatic imine (C=N–C) groups is 1. The third kappa shape index (κ3) is 1.53. The molecular weight excluding hydrogens is 258 g/mol. The van der Waals surface area contributed by atoms with Gasteiger partial charge in [-0.25, -0.2) is 9.79 Å². The van der Waals surface area contributed by atoms with Gasteiger partial charge in [-0.3, -0.25) is 10.6 Å². The number of likely N-dealkylation sites (N-methyl/N-ethyl adjacent to an activating group) is 1. The number of quaternary nitrogens is 1. The molecule has 2 atom stereocenters. The predicted molar refractivity (Wildman–Crippen MR) is 73.2 cm³/mol. The molecule has 2 N–H and O–H groups in total. The number of nitroso groups, excluding NO2 is 1. The molecule has 0 aliphatic carbocycles. The molecule has 0 bridgehead atoms. The van der Waals surface area contributed by atoms with E-state index in [0.29, 0.717) is 31.4 Å². The number of rotatable bonds is 4. The molecule has 0 aromatic carbocycles. The van der Waals surface area contributed by atoms with Crippen LogP contribution in [0.5, 0.6) is 0 Å². The molecule has 0 spiro atoms. The average molecular weight is 279 g/mol. The summed E-state index contributed by atoms with van der Waals surface area (Å²) in [5, 5.41) is 6.20. The monoisotopic (exact) mass is 279 g/mol. The minimum absolute atomic E-state index is 0.0813. The van der Waals surface area contributed by atoms with Crippen LogP contribution in [0.25, 0.3) is 0 Å². The molecule has 0 fully saturated rings. The topological polar surface area (TPSA) is 73.6 Å². The molecular formula is C13H21N5O2+2. The van der Waals surface area contributed by atoms with Crippen molar-refractivity contribution in [1.82, 2.24) is 10.6 Å². The third-order valence-electron chi connectivity index (χ3n) is 4.31. The van der Waals surface area contributed by atoms with Gasteiger partial charge in [0.25, 0.3) is 5.84 Å². The van der Waals surface area contributed by atoms with Crippen molar-refractivity contribution in [3.8, 4) is 0 Å². The van der Waals surface area contributed by atoms with E-state index in [2.05, 4.69) is 22.5 Å². The second-order valence-electron chi connectivity index (χ2n) is 5.42. The molecule has 2 unspecified atom stereocenters. The molecule has 20 heavy (non-hydrogen) atoms. The Morgan fingerprint density at radius 2 is 2.25 bits per heavy atom. The number of carbonyl (C=O) groups is 1. The fourth-order valence-corrected chi connectivity index (χ4v) is 3.21. The minimum Gasteiger partial charge on any atom is -0.277 e. The molecule has 1 amide bonds. The van der Waals surface area contributed by atoms with E-state index in [1.807, 2.05) is 6.92 Å². The van der Waals surface area contributed by atoms with E-state index in [9.17, 15) is 9.70 Å². The SMILES string of the molecule is CCCCC1N=C2C3=C(NCNC3)[N+](=O)[N+]2(CC)C1=O. The number of hydrogen-bond donors (Lipinski definition) is 2. The first-order valence-electron chi connectivity index (χ1n) is 7.33. The Balaban J connectivity index is 2.02. The maximum Gasteiger partial charge on any atom is 0.389 e. The van der Waals surface area contributed by atoms with Crippen molar-refractivity contribution in [2.45, 2.75) is 39.2 Å². The first kappa shape index (κ1) is 13.4. The molecule has 108 valence electrons.